The van der Waals surface area contributed by atoms with Gasteiger partial charge in [-0.05, 0) is 40.5 Å². The first-order valence-corrected chi connectivity index (χ1v) is 7.87. The maximum absolute atomic E-state index is 12.2. The molecule has 0 aromatic carbocycles. The Morgan fingerprint density at radius 3 is 2.38 bits per heavy atom. The number of nitrogens with zero attached hydrogens (tertiary/aromatic N) is 1. The lowest BCUT2D eigenvalue weighted by Crippen LogP contribution is -2.43. The monoisotopic (exact) mass is 336 g/mol. The number of alkyl halides is 2. The molecule has 0 aromatic heterocycles. The van der Waals surface area contributed by atoms with Crippen LogP contribution in [0, 0.1) is 5.41 Å². The summed E-state index contributed by atoms with van der Waals surface area (Å²) in [7, 11) is 0. The largest absolute Gasteiger partial charge is 0.444 e. The van der Waals surface area contributed by atoms with Gasteiger partial charge in [-0.25, -0.2) is 4.79 Å². The zero-order valence-corrected chi connectivity index (χ0v) is 14.3. The molecule has 0 unspecified atom stereocenters. The molecule has 0 bridgehead atoms. The minimum Gasteiger partial charge on any atom is -0.444 e. The zero-order chi connectivity index (χ0) is 16.1. The second kappa shape index (κ2) is 5.20. The Hall–Kier alpha value is -0.680. The van der Waals surface area contributed by atoms with Gasteiger partial charge in [-0.2, -0.15) is 0 Å². The summed E-state index contributed by atoms with van der Waals surface area (Å²) in [6.07, 6.45) is 0.816. The van der Waals surface area contributed by atoms with Crippen molar-refractivity contribution in [2.75, 3.05) is 13.1 Å². The number of rotatable bonds is 2. The third-order valence-corrected chi connectivity index (χ3v) is 5.04. The summed E-state index contributed by atoms with van der Waals surface area (Å²) in [5.74, 6) is -0.150. The summed E-state index contributed by atoms with van der Waals surface area (Å²) in [4.78, 5) is 25.8. The average Bonchev–Trinajstić information content (AvgIpc) is 2.70. The van der Waals surface area contributed by atoms with E-state index in [9.17, 15) is 9.59 Å². The van der Waals surface area contributed by atoms with Crippen LogP contribution in [0.15, 0.2) is 0 Å². The van der Waals surface area contributed by atoms with E-state index in [0.29, 0.717) is 25.9 Å². The Kier molecular flexibility index (Phi) is 4.13. The van der Waals surface area contributed by atoms with E-state index < -0.39 is 15.3 Å². The molecular weight excluding hydrogens is 315 g/mol. The molecular formula is C14H22Cl2N2O3. The van der Waals surface area contributed by atoms with E-state index in [-0.39, 0.29) is 18.0 Å². The van der Waals surface area contributed by atoms with Gasteiger partial charge in [0.1, 0.15) is 9.93 Å². The summed E-state index contributed by atoms with van der Waals surface area (Å²) in [5, 5.41) is 2.93. The number of ether oxygens (including phenoxy) is 1. The van der Waals surface area contributed by atoms with Gasteiger partial charge in [-0.1, -0.05) is 0 Å². The molecule has 1 saturated heterocycles. The van der Waals surface area contributed by atoms with Crippen LogP contribution in [-0.4, -0.2) is 46.0 Å². The van der Waals surface area contributed by atoms with Gasteiger partial charge in [-0.3, -0.25) is 4.79 Å². The van der Waals surface area contributed by atoms with E-state index in [1.54, 1.807) is 11.8 Å². The summed E-state index contributed by atoms with van der Waals surface area (Å²) in [6.45, 7) is 8.26. The van der Waals surface area contributed by atoms with Gasteiger partial charge in [-0.15, -0.1) is 23.2 Å². The fraction of sp³-hybridized carbons (Fsp3) is 0.857. The van der Waals surface area contributed by atoms with E-state index in [0.717, 1.165) is 0 Å². The van der Waals surface area contributed by atoms with Gasteiger partial charge in [0.2, 0.25) is 5.91 Å². The number of likely N-dealkylation sites (tertiary alicyclic amines) is 1. The first-order valence-electron chi connectivity index (χ1n) is 7.11. The smallest absolute Gasteiger partial charge is 0.410 e. The molecule has 0 spiro atoms. The standard InChI is InChI=1S/C14H22Cl2N2O3/c1-12(2,3)21-11(20)18-6-5-9(7-18)17-10(19)13(4)8-14(13,15)16/h9H,5-8H2,1-4H3,(H,17,19)/t9-,13-/m1/s1. The molecule has 7 heteroatoms. The highest BCUT2D eigenvalue weighted by atomic mass is 35.5. The van der Waals surface area contributed by atoms with Crippen LogP contribution in [0.25, 0.3) is 0 Å². The van der Waals surface area contributed by atoms with Crippen LogP contribution < -0.4 is 5.32 Å². The van der Waals surface area contributed by atoms with Crippen molar-refractivity contribution in [1.82, 2.24) is 10.2 Å². The summed E-state index contributed by atoms with van der Waals surface area (Å²) >= 11 is 12.0. The lowest BCUT2D eigenvalue weighted by Gasteiger charge is -2.24. The summed E-state index contributed by atoms with van der Waals surface area (Å²) in [6, 6.07) is -0.0772. The lowest BCUT2D eigenvalue weighted by atomic mass is 10.1. The van der Waals surface area contributed by atoms with Gasteiger partial charge < -0.3 is 15.0 Å². The second-order valence-corrected chi connectivity index (χ2v) is 8.58. The quantitative estimate of drug-likeness (QED) is 0.788. The van der Waals surface area contributed by atoms with Crippen molar-refractivity contribution in [2.24, 2.45) is 5.41 Å². The number of hydrogen-bond donors (Lipinski definition) is 1. The van der Waals surface area contributed by atoms with Gasteiger partial charge in [0.05, 0.1) is 5.41 Å². The van der Waals surface area contributed by atoms with Crippen LogP contribution in [0.2, 0.25) is 0 Å². The molecule has 2 atom stereocenters. The number of amides is 2. The molecule has 21 heavy (non-hydrogen) atoms. The van der Waals surface area contributed by atoms with Crippen molar-refractivity contribution in [3.63, 3.8) is 0 Å². The Labute approximate surface area is 135 Å². The molecule has 2 aliphatic rings. The molecule has 0 radical (unpaired) electrons. The topological polar surface area (TPSA) is 58.6 Å². The third-order valence-electron chi connectivity index (χ3n) is 3.93. The van der Waals surface area contributed by atoms with E-state index in [4.69, 9.17) is 27.9 Å². The molecule has 120 valence electrons. The zero-order valence-electron chi connectivity index (χ0n) is 12.8. The maximum Gasteiger partial charge on any atom is 0.410 e. The average molecular weight is 337 g/mol. The van der Waals surface area contributed by atoms with Crippen LogP contribution >= 0.6 is 23.2 Å². The molecule has 1 aliphatic carbocycles. The molecule has 1 heterocycles. The first kappa shape index (κ1) is 16.7. The number of nitrogens with one attached hydrogen (secondary N) is 1. The van der Waals surface area contributed by atoms with Crippen LogP contribution in [0.1, 0.15) is 40.5 Å². The van der Waals surface area contributed by atoms with Gasteiger partial charge in [0.15, 0.2) is 0 Å². The van der Waals surface area contributed by atoms with E-state index >= 15 is 0 Å². The normalized spacial score (nSPS) is 31.0. The third kappa shape index (κ3) is 3.57. The highest BCUT2D eigenvalue weighted by molar-refractivity contribution is 6.53. The maximum atomic E-state index is 12.2. The summed E-state index contributed by atoms with van der Waals surface area (Å²) < 4.78 is 4.35. The van der Waals surface area contributed by atoms with E-state index in [1.165, 1.54) is 0 Å². The highest BCUT2D eigenvalue weighted by Crippen LogP contribution is 2.63. The minimum atomic E-state index is -0.972. The van der Waals surface area contributed by atoms with Gasteiger partial charge in [0.25, 0.3) is 0 Å². The molecule has 5 nitrogen and oxygen atoms in total. The molecule has 1 aliphatic heterocycles. The second-order valence-electron chi connectivity index (χ2n) is 7.10. The van der Waals surface area contributed by atoms with Crippen LogP contribution in [-0.2, 0) is 9.53 Å². The lowest BCUT2D eigenvalue weighted by molar-refractivity contribution is -0.126. The van der Waals surface area contributed by atoms with Crippen molar-refractivity contribution in [1.29, 1.82) is 0 Å². The first-order chi connectivity index (χ1) is 9.45. The predicted octanol–water partition coefficient (Wildman–Crippen LogP) is 2.70. The summed E-state index contributed by atoms with van der Waals surface area (Å²) in [5.41, 5.74) is -1.24. The fourth-order valence-corrected chi connectivity index (χ4v) is 3.07. The molecule has 1 saturated carbocycles. The Balaban J connectivity index is 1.84. The number of carbonyl (C=O) groups excluding carboxylic acids is 2. The number of halogens is 2. The molecule has 0 aromatic rings. The van der Waals surface area contributed by atoms with Crippen molar-refractivity contribution < 1.29 is 14.3 Å². The van der Waals surface area contributed by atoms with Crippen molar-refractivity contribution >= 4 is 35.2 Å². The SMILES string of the molecule is CC(C)(C)OC(=O)N1CC[C@@H](NC(=O)[C@@]2(C)CC2(Cl)Cl)C1. The molecule has 2 amide bonds. The van der Waals surface area contributed by atoms with Gasteiger partial charge >= 0.3 is 6.09 Å². The number of carbonyl (C=O) groups is 2. The van der Waals surface area contributed by atoms with E-state index in [2.05, 4.69) is 5.32 Å². The van der Waals surface area contributed by atoms with Crippen LogP contribution in [0.4, 0.5) is 4.79 Å². The Bertz CT molecular complexity index is 462. The number of hydrogen-bond acceptors (Lipinski definition) is 3. The fourth-order valence-electron chi connectivity index (χ4n) is 2.36. The van der Waals surface area contributed by atoms with Crippen molar-refractivity contribution in [3.8, 4) is 0 Å². The molecule has 2 rings (SSSR count). The van der Waals surface area contributed by atoms with Crippen molar-refractivity contribution in [3.05, 3.63) is 0 Å². The van der Waals surface area contributed by atoms with Crippen LogP contribution in [0.3, 0.4) is 0 Å². The Morgan fingerprint density at radius 1 is 1.33 bits per heavy atom. The minimum absolute atomic E-state index is 0.0772. The Morgan fingerprint density at radius 2 is 1.90 bits per heavy atom. The van der Waals surface area contributed by atoms with Crippen molar-refractivity contribution in [2.45, 2.75) is 56.5 Å². The molecule has 1 N–H and O–H groups in total. The predicted molar refractivity (Wildman–Crippen MR) is 81.5 cm³/mol. The van der Waals surface area contributed by atoms with E-state index in [1.807, 2.05) is 20.8 Å². The highest BCUT2D eigenvalue weighted by Gasteiger charge is 2.68. The van der Waals surface area contributed by atoms with Crippen LogP contribution in [0.5, 0.6) is 0 Å². The molecule has 2 fully saturated rings. The van der Waals surface area contributed by atoms with Gasteiger partial charge in [0, 0.05) is 19.1 Å².